The highest BCUT2D eigenvalue weighted by Crippen LogP contribution is 2.17. The predicted octanol–water partition coefficient (Wildman–Crippen LogP) is 0.576. The molecule has 54 valence electrons. The zero-order chi connectivity index (χ0) is 7.72. The van der Waals surface area contributed by atoms with Crippen molar-refractivity contribution in [1.82, 2.24) is 10.0 Å². The Labute approximate surface area is 61.1 Å². The number of nitriles is 1. The molecule has 0 saturated carbocycles. The first kappa shape index (κ1) is 7.10. The molecule has 3 nitrogen and oxygen atoms in total. The van der Waals surface area contributed by atoms with Gasteiger partial charge in [0.2, 0.25) is 0 Å². The van der Waals surface area contributed by atoms with Gasteiger partial charge in [-0.05, 0) is 6.92 Å². The van der Waals surface area contributed by atoms with Crippen molar-refractivity contribution >= 4 is 0 Å². The van der Waals surface area contributed by atoms with Gasteiger partial charge in [0, 0.05) is 19.8 Å². The molecule has 0 aliphatic carbocycles. The van der Waals surface area contributed by atoms with Gasteiger partial charge in [-0.3, -0.25) is 0 Å². The fraction of sp³-hybridized carbons (Fsp3) is 0.571. The molecule has 0 N–H and O–H groups in total. The Morgan fingerprint density at radius 3 is 2.30 bits per heavy atom. The van der Waals surface area contributed by atoms with Crippen LogP contribution in [0.5, 0.6) is 0 Å². The fourth-order valence-electron chi connectivity index (χ4n) is 1.02. The zero-order valence-corrected chi connectivity index (χ0v) is 6.55. The summed E-state index contributed by atoms with van der Waals surface area (Å²) in [6.07, 6.45) is 0. The van der Waals surface area contributed by atoms with Crippen LogP contribution in [-0.2, 0) is 0 Å². The summed E-state index contributed by atoms with van der Waals surface area (Å²) in [5, 5.41) is 12.6. The molecule has 0 bridgehead atoms. The molecule has 1 aliphatic rings. The topological polar surface area (TPSA) is 30.3 Å². The molecule has 0 aromatic rings. The van der Waals surface area contributed by atoms with Crippen LogP contribution in [0.1, 0.15) is 6.92 Å². The number of likely N-dealkylation sites (N-methyl/N-ethyl adjacent to an activating group) is 1. The summed E-state index contributed by atoms with van der Waals surface area (Å²) in [6, 6.07) is 2.17. The summed E-state index contributed by atoms with van der Waals surface area (Å²) >= 11 is 0. The largest absolute Gasteiger partial charge is 0.312 e. The molecule has 0 aromatic heterocycles. The van der Waals surface area contributed by atoms with Gasteiger partial charge in [-0.15, -0.1) is 0 Å². The molecule has 0 fully saturated rings. The van der Waals surface area contributed by atoms with Gasteiger partial charge in [0.05, 0.1) is 18.2 Å². The quantitative estimate of drug-likeness (QED) is 0.489. The normalized spacial score (nSPS) is 20.0. The standard InChI is InChI=1S/C7H11N3/c1-6-7(4-8)5-9(2)10(6)3/h5H2,1-3H3. The van der Waals surface area contributed by atoms with Gasteiger partial charge in [0.25, 0.3) is 0 Å². The van der Waals surface area contributed by atoms with Gasteiger partial charge >= 0.3 is 0 Å². The minimum atomic E-state index is 0.749. The highest BCUT2D eigenvalue weighted by atomic mass is 15.6. The summed E-state index contributed by atoms with van der Waals surface area (Å²) in [5.74, 6) is 0. The van der Waals surface area contributed by atoms with Crippen LogP contribution < -0.4 is 0 Å². The molecule has 1 heterocycles. The van der Waals surface area contributed by atoms with Crippen LogP contribution in [0.15, 0.2) is 11.3 Å². The molecular formula is C7H11N3. The van der Waals surface area contributed by atoms with Gasteiger partial charge in [-0.2, -0.15) is 5.26 Å². The summed E-state index contributed by atoms with van der Waals surface area (Å²) in [4.78, 5) is 0. The number of rotatable bonds is 0. The van der Waals surface area contributed by atoms with E-state index in [1.165, 1.54) is 0 Å². The molecule has 0 aromatic carbocycles. The maximum absolute atomic E-state index is 8.61. The highest BCUT2D eigenvalue weighted by molar-refractivity contribution is 5.30. The van der Waals surface area contributed by atoms with Crippen LogP contribution in [0.25, 0.3) is 0 Å². The van der Waals surface area contributed by atoms with Gasteiger partial charge in [-0.1, -0.05) is 0 Å². The minimum Gasteiger partial charge on any atom is -0.312 e. The Bertz CT molecular complexity index is 211. The number of hydrogen-bond donors (Lipinski definition) is 0. The lowest BCUT2D eigenvalue weighted by molar-refractivity contribution is 0.103. The maximum atomic E-state index is 8.61. The van der Waals surface area contributed by atoms with E-state index in [1.807, 2.05) is 31.0 Å². The molecule has 10 heavy (non-hydrogen) atoms. The summed E-state index contributed by atoms with van der Waals surface area (Å²) in [6.45, 7) is 2.71. The third kappa shape index (κ3) is 0.869. The van der Waals surface area contributed by atoms with Crippen molar-refractivity contribution in [1.29, 1.82) is 5.26 Å². The fourth-order valence-corrected chi connectivity index (χ4v) is 1.02. The number of nitrogens with zero attached hydrogens (tertiary/aromatic N) is 3. The lowest BCUT2D eigenvalue weighted by Crippen LogP contribution is -2.29. The predicted molar refractivity (Wildman–Crippen MR) is 38.7 cm³/mol. The SMILES string of the molecule is CC1=C(C#N)CN(C)N1C. The molecule has 0 spiro atoms. The Balaban J connectivity index is 2.86. The molecule has 0 atom stereocenters. The monoisotopic (exact) mass is 137 g/mol. The van der Waals surface area contributed by atoms with E-state index >= 15 is 0 Å². The lowest BCUT2D eigenvalue weighted by atomic mass is 10.2. The average molecular weight is 137 g/mol. The molecule has 3 heteroatoms. The van der Waals surface area contributed by atoms with Crippen LogP contribution in [0.4, 0.5) is 0 Å². The Morgan fingerprint density at radius 1 is 1.50 bits per heavy atom. The second-order valence-electron chi connectivity index (χ2n) is 2.52. The van der Waals surface area contributed by atoms with Crippen molar-refractivity contribution in [2.75, 3.05) is 20.6 Å². The third-order valence-corrected chi connectivity index (χ3v) is 1.96. The lowest BCUT2D eigenvalue weighted by Gasteiger charge is -2.22. The summed E-state index contributed by atoms with van der Waals surface area (Å²) in [7, 11) is 3.92. The Morgan fingerprint density at radius 2 is 2.10 bits per heavy atom. The van der Waals surface area contributed by atoms with E-state index in [0.717, 1.165) is 17.8 Å². The van der Waals surface area contributed by atoms with Crippen molar-refractivity contribution in [3.05, 3.63) is 11.3 Å². The highest BCUT2D eigenvalue weighted by Gasteiger charge is 2.19. The van der Waals surface area contributed by atoms with Crippen molar-refractivity contribution in [2.24, 2.45) is 0 Å². The molecule has 0 unspecified atom stereocenters. The van der Waals surface area contributed by atoms with Crippen molar-refractivity contribution < 1.29 is 0 Å². The second kappa shape index (κ2) is 2.31. The zero-order valence-electron chi connectivity index (χ0n) is 6.55. The van der Waals surface area contributed by atoms with Gasteiger partial charge in [-0.25, -0.2) is 5.01 Å². The van der Waals surface area contributed by atoms with E-state index < -0.39 is 0 Å². The van der Waals surface area contributed by atoms with Crippen LogP contribution in [0.2, 0.25) is 0 Å². The first-order valence-electron chi connectivity index (χ1n) is 3.21. The smallest absolute Gasteiger partial charge is 0.0980 e. The van der Waals surface area contributed by atoms with Crippen molar-refractivity contribution in [3.8, 4) is 6.07 Å². The number of hydrazine groups is 1. The van der Waals surface area contributed by atoms with Crippen LogP contribution >= 0.6 is 0 Å². The van der Waals surface area contributed by atoms with E-state index in [1.54, 1.807) is 0 Å². The van der Waals surface area contributed by atoms with Gasteiger partial charge in [0.1, 0.15) is 0 Å². The number of allylic oxidation sites excluding steroid dienone is 1. The van der Waals surface area contributed by atoms with E-state index in [-0.39, 0.29) is 0 Å². The average Bonchev–Trinajstić information content (AvgIpc) is 2.17. The molecule has 0 saturated heterocycles. The third-order valence-electron chi connectivity index (χ3n) is 1.96. The second-order valence-corrected chi connectivity index (χ2v) is 2.52. The van der Waals surface area contributed by atoms with Crippen LogP contribution in [-0.4, -0.2) is 30.7 Å². The Hall–Kier alpha value is -1.01. The van der Waals surface area contributed by atoms with E-state index in [2.05, 4.69) is 6.07 Å². The first-order valence-corrected chi connectivity index (χ1v) is 3.21. The van der Waals surface area contributed by atoms with Gasteiger partial charge in [0.15, 0.2) is 0 Å². The Kier molecular flexibility index (Phi) is 1.64. The first-order chi connectivity index (χ1) is 4.66. The number of hydrogen-bond acceptors (Lipinski definition) is 3. The molecule has 0 radical (unpaired) electrons. The minimum absolute atomic E-state index is 0.749. The van der Waals surface area contributed by atoms with E-state index in [4.69, 9.17) is 5.26 Å². The van der Waals surface area contributed by atoms with Crippen LogP contribution in [0, 0.1) is 11.3 Å². The van der Waals surface area contributed by atoms with Crippen molar-refractivity contribution in [2.45, 2.75) is 6.92 Å². The van der Waals surface area contributed by atoms with Gasteiger partial charge < -0.3 is 5.01 Å². The van der Waals surface area contributed by atoms with E-state index in [9.17, 15) is 0 Å². The maximum Gasteiger partial charge on any atom is 0.0980 e. The van der Waals surface area contributed by atoms with Crippen LogP contribution in [0.3, 0.4) is 0 Å². The molecule has 1 rings (SSSR count). The molecule has 1 aliphatic heterocycles. The summed E-state index contributed by atoms with van der Waals surface area (Å²) < 4.78 is 0. The molecular weight excluding hydrogens is 126 g/mol. The summed E-state index contributed by atoms with van der Waals surface area (Å²) in [5.41, 5.74) is 1.93. The van der Waals surface area contributed by atoms with Crippen molar-refractivity contribution in [3.63, 3.8) is 0 Å². The molecule has 0 amide bonds. The van der Waals surface area contributed by atoms with E-state index in [0.29, 0.717) is 0 Å².